The van der Waals surface area contributed by atoms with Gasteiger partial charge in [0, 0.05) is 18.2 Å². The Bertz CT molecular complexity index is 346. The maximum atomic E-state index is 11.0. The molecular formula is C11H22N2O3S. The predicted molar refractivity (Wildman–Crippen MR) is 67.3 cm³/mol. The van der Waals surface area contributed by atoms with Crippen LogP contribution in [-0.2, 0) is 14.6 Å². The molecule has 5 nitrogen and oxygen atoms in total. The summed E-state index contributed by atoms with van der Waals surface area (Å²) in [4.78, 5) is 11.0. The summed E-state index contributed by atoms with van der Waals surface area (Å²) in [5.74, 6) is 0.0704. The summed E-state index contributed by atoms with van der Waals surface area (Å²) >= 11 is 0. The molecule has 17 heavy (non-hydrogen) atoms. The van der Waals surface area contributed by atoms with E-state index in [9.17, 15) is 13.2 Å². The molecule has 0 aromatic heterocycles. The zero-order chi connectivity index (χ0) is 12.9. The van der Waals surface area contributed by atoms with E-state index in [1.807, 2.05) is 0 Å². The van der Waals surface area contributed by atoms with Crippen molar-refractivity contribution in [2.45, 2.75) is 38.1 Å². The maximum Gasteiger partial charge on any atom is 0.220 e. The summed E-state index contributed by atoms with van der Waals surface area (Å²) in [5, 5.41) is 3.34. The van der Waals surface area contributed by atoms with Crippen LogP contribution in [0.3, 0.4) is 0 Å². The van der Waals surface area contributed by atoms with Gasteiger partial charge in [0.25, 0.3) is 0 Å². The molecule has 6 heteroatoms. The second-order valence-corrected chi connectivity index (χ2v) is 7.15. The van der Waals surface area contributed by atoms with Crippen LogP contribution < -0.4 is 11.1 Å². The fourth-order valence-electron chi connectivity index (χ4n) is 2.22. The number of amides is 1. The van der Waals surface area contributed by atoms with E-state index in [0.717, 1.165) is 32.2 Å². The summed E-state index contributed by atoms with van der Waals surface area (Å²) < 4.78 is 21.8. The first-order chi connectivity index (χ1) is 7.88. The van der Waals surface area contributed by atoms with Gasteiger partial charge >= 0.3 is 0 Å². The topological polar surface area (TPSA) is 89.3 Å². The maximum absolute atomic E-state index is 11.0. The number of hydrogen-bond donors (Lipinski definition) is 2. The van der Waals surface area contributed by atoms with Gasteiger partial charge in [-0.15, -0.1) is 0 Å². The minimum Gasteiger partial charge on any atom is -0.369 e. The van der Waals surface area contributed by atoms with E-state index in [2.05, 4.69) is 5.32 Å². The van der Waals surface area contributed by atoms with Crippen LogP contribution in [0.5, 0.6) is 0 Å². The molecule has 0 aliphatic heterocycles. The number of rotatable bonds is 6. The van der Waals surface area contributed by atoms with Crippen LogP contribution in [0.1, 0.15) is 32.1 Å². The lowest BCUT2D eigenvalue weighted by atomic mass is 9.85. The van der Waals surface area contributed by atoms with Crippen molar-refractivity contribution in [3.63, 3.8) is 0 Å². The number of sulfone groups is 1. The highest BCUT2D eigenvalue weighted by Crippen LogP contribution is 2.23. The van der Waals surface area contributed by atoms with Crippen LogP contribution in [-0.4, -0.2) is 38.9 Å². The lowest BCUT2D eigenvalue weighted by molar-refractivity contribution is -0.122. The van der Waals surface area contributed by atoms with Crippen molar-refractivity contribution < 1.29 is 13.2 Å². The van der Waals surface area contributed by atoms with Gasteiger partial charge in [-0.2, -0.15) is 0 Å². The van der Waals surface area contributed by atoms with Crippen LogP contribution in [0.15, 0.2) is 0 Å². The molecule has 100 valence electrons. The molecule has 0 heterocycles. The van der Waals surface area contributed by atoms with Crippen LogP contribution in [0, 0.1) is 5.92 Å². The molecule has 0 aromatic rings. The fraction of sp³-hybridized carbons (Fsp3) is 0.909. The Morgan fingerprint density at radius 3 is 2.35 bits per heavy atom. The number of nitrogens with two attached hydrogens (primary N) is 1. The Labute approximate surface area is 103 Å². The Kier molecular flexibility index (Phi) is 5.39. The van der Waals surface area contributed by atoms with Crippen LogP contribution in [0.2, 0.25) is 0 Å². The molecule has 0 bridgehead atoms. The highest BCUT2D eigenvalue weighted by atomic mass is 32.2. The van der Waals surface area contributed by atoms with E-state index in [1.54, 1.807) is 0 Å². The van der Waals surface area contributed by atoms with Gasteiger partial charge in [0.2, 0.25) is 5.91 Å². The first kappa shape index (κ1) is 14.4. The van der Waals surface area contributed by atoms with Gasteiger partial charge in [-0.25, -0.2) is 8.42 Å². The first-order valence-electron chi connectivity index (χ1n) is 6.09. The largest absolute Gasteiger partial charge is 0.369 e. The summed E-state index contributed by atoms with van der Waals surface area (Å²) in [6, 6.07) is 0.408. The van der Waals surface area contributed by atoms with Gasteiger partial charge < -0.3 is 11.1 Å². The number of carbonyl (C=O) groups is 1. The Morgan fingerprint density at radius 2 is 1.88 bits per heavy atom. The second kappa shape index (κ2) is 6.35. The van der Waals surface area contributed by atoms with Crippen molar-refractivity contribution in [1.82, 2.24) is 5.32 Å². The zero-order valence-corrected chi connectivity index (χ0v) is 11.1. The standard InChI is InChI=1S/C11H22N2O3S/c1-17(15,16)8-2-7-13-10-5-3-9(4-6-10)11(12)14/h9-10,13H,2-8H2,1H3,(H2,12,14). The summed E-state index contributed by atoms with van der Waals surface area (Å²) in [6.45, 7) is 0.721. The average Bonchev–Trinajstić information content (AvgIpc) is 2.24. The van der Waals surface area contributed by atoms with Gasteiger partial charge in [-0.1, -0.05) is 0 Å². The molecule has 0 atom stereocenters. The van der Waals surface area contributed by atoms with E-state index in [1.165, 1.54) is 6.26 Å². The Balaban J connectivity index is 2.12. The summed E-state index contributed by atoms with van der Waals surface area (Å²) in [7, 11) is -2.85. The third-order valence-electron chi connectivity index (χ3n) is 3.25. The Hall–Kier alpha value is -0.620. The van der Waals surface area contributed by atoms with Gasteiger partial charge in [-0.05, 0) is 38.6 Å². The molecule has 0 spiro atoms. The highest BCUT2D eigenvalue weighted by Gasteiger charge is 2.24. The number of carbonyl (C=O) groups excluding carboxylic acids is 1. The highest BCUT2D eigenvalue weighted by molar-refractivity contribution is 7.90. The van der Waals surface area contributed by atoms with E-state index in [4.69, 9.17) is 5.73 Å². The third-order valence-corrected chi connectivity index (χ3v) is 4.28. The number of hydrogen-bond acceptors (Lipinski definition) is 4. The van der Waals surface area contributed by atoms with Gasteiger partial charge in [-0.3, -0.25) is 4.79 Å². The molecular weight excluding hydrogens is 240 g/mol. The van der Waals surface area contributed by atoms with Gasteiger partial charge in [0.15, 0.2) is 0 Å². The fourth-order valence-corrected chi connectivity index (χ4v) is 2.89. The van der Waals surface area contributed by atoms with Crippen molar-refractivity contribution in [3.05, 3.63) is 0 Å². The molecule has 0 unspecified atom stereocenters. The molecule has 1 fully saturated rings. The zero-order valence-electron chi connectivity index (χ0n) is 10.3. The molecule has 1 aliphatic rings. The smallest absolute Gasteiger partial charge is 0.220 e. The van der Waals surface area contributed by atoms with E-state index >= 15 is 0 Å². The molecule has 1 rings (SSSR count). The molecule has 1 saturated carbocycles. The number of nitrogens with one attached hydrogen (secondary N) is 1. The number of primary amides is 1. The van der Waals surface area contributed by atoms with E-state index in [-0.39, 0.29) is 17.6 Å². The summed E-state index contributed by atoms with van der Waals surface area (Å²) in [6.07, 6.45) is 5.50. The molecule has 1 aliphatic carbocycles. The van der Waals surface area contributed by atoms with Crippen molar-refractivity contribution in [2.75, 3.05) is 18.6 Å². The van der Waals surface area contributed by atoms with Crippen molar-refractivity contribution in [3.8, 4) is 0 Å². The van der Waals surface area contributed by atoms with E-state index in [0.29, 0.717) is 12.5 Å². The first-order valence-corrected chi connectivity index (χ1v) is 8.15. The van der Waals surface area contributed by atoms with Crippen LogP contribution in [0.25, 0.3) is 0 Å². The summed E-state index contributed by atoms with van der Waals surface area (Å²) in [5.41, 5.74) is 5.26. The normalized spacial score (nSPS) is 25.7. The Morgan fingerprint density at radius 1 is 1.29 bits per heavy atom. The van der Waals surface area contributed by atoms with Crippen LogP contribution >= 0.6 is 0 Å². The quantitative estimate of drug-likeness (QED) is 0.662. The molecule has 1 amide bonds. The van der Waals surface area contributed by atoms with E-state index < -0.39 is 9.84 Å². The molecule has 0 aromatic carbocycles. The minimum atomic E-state index is -2.85. The van der Waals surface area contributed by atoms with Gasteiger partial charge in [0.1, 0.15) is 9.84 Å². The third kappa shape index (κ3) is 6.02. The molecule has 0 radical (unpaired) electrons. The second-order valence-electron chi connectivity index (χ2n) is 4.89. The lowest BCUT2D eigenvalue weighted by Crippen LogP contribution is -2.37. The molecule has 3 N–H and O–H groups in total. The lowest BCUT2D eigenvalue weighted by Gasteiger charge is -2.27. The van der Waals surface area contributed by atoms with Crippen molar-refractivity contribution >= 4 is 15.7 Å². The SMILES string of the molecule is CS(=O)(=O)CCCNC1CCC(C(N)=O)CC1. The van der Waals surface area contributed by atoms with Crippen molar-refractivity contribution in [1.29, 1.82) is 0 Å². The monoisotopic (exact) mass is 262 g/mol. The minimum absolute atomic E-state index is 0.0315. The van der Waals surface area contributed by atoms with Gasteiger partial charge in [0.05, 0.1) is 5.75 Å². The molecule has 0 saturated heterocycles. The van der Waals surface area contributed by atoms with Crippen LogP contribution in [0.4, 0.5) is 0 Å². The van der Waals surface area contributed by atoms with Crippen molar-refractivity contribution in [2.24, 2.45) is 11.7 Å². The predicted octanol–water partition coefficient (Wildman–Crippen LogP) is 0.0548. The average molecular weight is 262 g/mol.